The topological polar surface area (TPSA) is 106 Å². The molecule has 0 saturated heterocycles. The van der Waals surface area contributed by atoms with Crippen molar-refractivity contribution in [2.24, 2.45) is 0 Å². The molecule has 0 unspecified atom stereocenters. The molecule has 0 atom stereocenters. The van der Waals surface area contributed by atoms with Crippen LogP contribution in [0.1, 0.15) is 5.56 Å². The average Bonchev–Trinajstić information content (AvgIpc) is 2.33. The first-order valence-electron chi connectivity index (χ1n) is 5.45. The minimum absolute atomic E-state index is 0.0584. The van der Waals surface area contributed by atoms with Crippen LogP contribution in [0.5, 0.6) is 0 Å². The molecular weight excluding hydrogens is 264 g/mol. The Hall–Kier alpha value is -2.05. The van der Waals surface area contributed by atoms with Gasteiger partial charge in [-0.2, -0.15) is 8.42 Å². The van der Waals surface area contributed by atoms with Gasteiger partial charge in [-0.25, -0.2) is 0 Å². The number of aryl methyl sites for hydroxylation is 1. The fourth-order valence-electron chi connectivity index (χ4n) is 1.32. The van der Waals surface area contributed by atoms with Gasteiger partial charge in [0.25, 0.3) is 10.1 Å². The van der Waals surface area contributed by atoms with Crippen molar-refractivity contribution in [3.63, 3.8) is 0 Å². The minimum atomic E-state index is -4.18. The first kappa shape index (κ1) is 15.0. The van der Waals surface area contributed by atoms with E-state index in [0.29, 0.717) is 0 Å². The van der Waals surface area contributed by atoms with E-state index in [1.54, 1.807) is 13.0 Å². The lowest BCUT2D eigenvalue weighted by Crippen LogP contribution is -2.03. The molecule has 2 aromatic carbocycles. The van der Waals surface area contributed by atoms with Crippen molar-refractivity contribution in [2.45, 2.75) is 11.8 Å². The summed E-state index contributed by atoms with van der Waals surface area (Å²) in [6.45, 7) is 1.72. The van der Waals surface area contributed by atoms with E-state index in [1.807, 2.05) is 30.3 Å². The zero-order chi connectivity index (χ0) is 14.5. The third-order valence-corrected chi connectivity index (χ3v) is 3.16. The molecule has 2 aromatic rings. The minimum Gasteiger partial charge on any atom is -0.399 e. The van der Waals surface area contributed by atoms with E-state index in [4.69, 9.17) is 16.0 Å². The van der Waals surface area contributed by atoms with E-state index >= 15 is 0 Å². The van der Waals surface area contributed by atoms with Crippen molar-refractivity contribution in [1.29, 1.82) is 0 Å². The molecule has 0 aromatic heterocycles. The fourth-order valence-corrected chi connectivity index (χ4v) is 2.02. The molecule has 0 fully saturated rings. The highest BCUT2D eigenvalue weighted by Crippen LogP contribution is 2.18. The van der Waals surface area contributed by atoms with E-state index in [2.05, 4.69) is 0 Å². The molecule has 2 rings (SSSR count). The number of hydrogen-bond donors (Lipinski definition) is 3. The highest BCUT2D eigenvalue weighted by molar-refractivity contribution is 7.86. The summed E-state index contributed by atoms with van der Waals surface area (Å²) in [6, 6.07) is 13.9. The van der Waals surface area contributed by atoms with Gasteiger partial charge in [-0.1, -0.05) is 24.3 Å². The predicted octanol–water partition coefficient (Wildman–Crippen LogP) is 2.09. The maximum atomic E-state index is 10.7. The molecule has 0 aliphatic rings. The monoisotopic (exact) mass is 280 g/mol. The summed E-state index contributed by atoms with van der Waals surface area (Å²) in [6.07, 6.45) is 0. The van der Waals surface area contributed by atoms with E-state index < -0.39 is 10.1 Å². The van der Waals surface area contributed by atoms with Gasteiger partial charge >= 0.3 is 0 Å². The summed E-state index contributed by atoms with van der Waals surface area (Å²) in [5.74, 6) is 0. The molecule has 0 radical (unpaired) electrons. The van der Waals surface area contributed by atoms with Crippen molar-refractivity contribution < 1.29 is 13.0 Å². The highest BCUT2D eigenvalue weighted by atomic mass is 32.2. The van der Waals surface area contributed by atoms with Crippen LogP contribution in [0, 0.1) is 6.92 Å². The zero-order valence-electron chi connectivity index (χ0n) is 10.4. The molecule has 5 nitrogen and oxygen atoms in total. The Morgan fingerprint density at radius 2 is 1.58 bits per heavy atom. The molecule has 0 heterocycles. The first-order valence-corrected chi connectivity index (χ1v) is 6.89. The van der Waals surface area contributed by atoms with E-state index in [1.165, 1.54) is 12.1 Å². The standard InChI is InChI=1S/C7H9NO3S.C6H7N/c1-5-2-3-6(8)7(4-5)12(9,10)11;7-6-4-2-1-3-5-6/h2-4H,8H2,1H3,(H,9,10,11);1-5H,7H2. The summed E-state index contributed by atoms with van der Waals surface area (Å²) in [4.78, 5) is -0.234. The molecule has 5 N–H and O–H groups in total. The SMILES string of the molecule is Cc1ccc(N)c(S(=O)(=O)O)c1.Nc1ccccc1. The number of nitrogens with two attached hydrogens (primary N) is 2. The highest BCUT2D eigenvalue weighted by Gasteiger charge is 2.12. The maximum Gasteiger partial charge on any atom is 0.296 e. The molecular formula is C13H16N2O3S. The van der Waals surface area contributed by atoms with Gasteiger partial charge in [-0.05, 0) is 36.8 Å². The van der Waals surface area contributed by atoms with Crippen LogP contribution in [0.3, 0.4) is 0 Å². The van der Waals surface area contributed by atoms with Gasteiger partial charge in [0.15, 0.2) is 0 Å². The zero-order valence-corrected chi connectivity index (χ0v) is 11.3. The van der Waals surface area contributed by atoms with Crippen LogP contribution in [0.15, 0.2) is 53.4 Å². The number of anilines is 2. The Kier molecular flexibility index (Phi) is 4.91. The molecule has 0 aliphatic carbocycles. The van der Waals surface area contributed by atoms with Crippen molar-refractivity contribution >= 4 is 21.5 Å². The van der Waals surface area contributed by atoms with E-state index in [9.17, 15) is 8.42 Å². The second kappa shape index (κ2) is 6.21. The van der Waals surface area contributed by atoms with E-state index in [0.717, 1.165) is 11.3 Å². The van der Waals surface area contributed by atoms with Crippen molar-refractivity contribution in [2.75, 3.05) is 11.5 Å². The predicted molar refractivity (Wildman–Crippen MR) is 76.3 cm³/mol. The van der Waals surface area contributed by atoms with Gasteiger partial charge in [0.1, 0.15) is 4.90 Å². The number of nitrogen functional groups attached to an aromatic ring is 2. The second-order valence-electron chi connectivity index (χ2n) is 3.93. The van der Waals surface area contributed by atoms with Crippen LogP contribution in [-0.4, -0.2) is 13.0 Å². The van der Waals surface area contributed by atoms with Crippen molar-refractivity contribution in [3.05, 3.63) is 54.1 Å². The average molecular weight is 280 g/mol. The van der Waals surface area contributed by atoms with Crippen molar-refractivity contribution in [1.82, 2.24) is 0 Å². The number of benzene rings is 2. The van der Waals surface area contributed by atoms with Crippen LogP contribution in [-0.2, 0) is 10.1 Å². The smallest absolute Gasteiger partial charge is 0.296 e. The fraction of sp³-hybridized carbons (Fsp3) is 0.0769. The molecule has 0 aliphatic heterocycles. The summed E-state index contributed by atoms with van der Waals surface area (Å²) < 4.78 is 30.0. The Labute approximate surface area is 112 Å². The van der Waals surface area contributed by atoms with Crippen LogP contribution in [0.4, 0.5) is 11.4 Å². The summed E-state index contributed by atoms with van der Waals surface area (Å²) in [5, 5.41) is 0. The van der Waals surface area contributed by atoms with Crippen LogP contribution in [0.2, 0.25) is 0 Å². The van der Waals surface area contributed by atoms with Gasteiger partial charge in [0, 0.05) is 5.69 Å². The van der Waals surface area contributed by atoms with Gasteiger partial charge < -0.3 is 11.5 Å². The number of hydrogen-bond acceptors (Lipinski definition) is 4. The molecule has 102 valence electrons. The summed E-state index contributed by atoms with van der Waals surface area (Å²) in [5.41, 5.74) is 12.3. The summed E-state index contributed by atoms with van der Waals surface area (Å²) in [7, 11) is -4.18. The van der Waals surface area contributed by atoms with Gasteiger partial charge in [-0.15, -0.1) is 0 Å². The lowest BCUT2D eigenvalue weighted by Gasteiger charge is -2.02. The third kappa shape index (κ3) is 4.99. The quantitative estimate of drug-likeness (QED) is 0.548. The molecule has 0 saturated carbocycles. The van der Waals surface area contributed by atoms with Gasteiger partial charge in [0.05, 0.1) is 5.69 Å². The molecule has 0 amide bonds. The lowest BCUT2D eigenvalue weighted by molar-refractivity contribution is 0.483. The Morgan fingerprint density at radius 3 is 1.95 bits per heavy atom. The Bertz CT molecular complexity index is 640. The lowest BCUT2D eigenvalue weighted by atomic mass is 10.2. The number of para-hydroxylation sites is 1. The van der Waals surface area contributed by atoms with Crippen LogP contribution < -0.4 is 11.5 Å². The number of rotatable bonds is 1. The Balaban J connectivity index is 0.000000218. The van der Waals surface area contributed by atoms with E-state index in [-0.39, 0.29) is 10.6 Å². The van der Waals surface area contributed by atoms with Crippen molar-refractivity contribution in [3.8, 4) is 0 Å². The molecule has 6 heteroatoms. The van der Waals surface area contributed by atoms with Crippen LogP contribution in [0.25, 0.3) is 0 Å². The Morgan fingerprint density at radius 1 is 1.00 bits per heavy atom. The first-order chi connectivity index (χ1) is 8.80. The van der Waals surface area contributed by atoms with Gasteiger partial charge in [0.2, 0.25) is 0 Å². The van der Waals surface area contributed by atoms with Gasteiger partial charge in [-0.3, -0.25) is 4.55 Å². The molecule has 0 bridgehead atoms. The van der Waals surface area contributed by atoms with Crippen LogP contribution >= 0.6 is 0 Å². The normalized spacial score (nSPS) is 10.4. The second-order valence-corrected chi connectivity index (χ2v) is 5.32. The molecule has 0 spiro atoms. The maximum absolute atomic E-state index is 10.7. The third-order valence-electron chi connectivity index (χ3n) is 2.25. The summed E-state index contributed by atoms with van der Waals surface area (Å²) >= 11 is 0. The largest absolute Gasteiger partial charge is 0.399 e. The molecule has 19 heavy (non-hydrogen) atoms.